The van der Waals surface area contributed by atoms with Crippen molar-refractivity contribution in [1.82, 2.24) is 0 Å². The molecule has 0 aliphatic heterocycles. The zero-order valence-electron chi connectivity index (χ0n) is 7.84. The van der Waals surface area contributed by atoms with Crippen LogP contribution in [0.4, 0.5) is 23.2 Å². The molecule has 4 nitrogen and oxygen atoms in total. The van der Waals surface area contributed by atoms with Crippen molar-refractivity contribution in [1.29, 1.82) is 0 Å². The topological polar surface area (TPSA) is 52.4 Å². The highest BCUT2D eigenvalue weighted by atomic mass is 19.4. The van der Waals surface area contributed by atoms with Gasteiger partial charge in [0.1, 0.15) is 5.82 Å². The van der Waals surface area contributed by atoms with E-state index in [0.29, 0.717) is 0 Å². The first-order valence-corrected chi connectivity index (χ1v) is 3.86. The standard InChI is InChI=1S/C8H5F4NO3/c1-16-7-2-4(8(10,11)12)5(9)3-6(7)13(14)15/h2-3H,1H3. The number of alkyl halides is 3. The number of benzene rings is 1. The van der Waals surface area contributed by atoms with Crippen molar-refractivity contribution in [3.8, 4) is 5.75 Å². The lowest BCUT2D eigenvalue weighted by atomic mass is 10.1. The van der Waals surface area contributed by atoms with Crippen LogP contribution in [0.1, 0.15) is 5.56 Å². The maximum absolute atomic E-state index is 12.9. The van der Waals surface area contributed by atoms with Gasteiger partial charge in [-0.25, -0.2) is 4.39 Å². The molecule has 0 saturated heterocycles. The van der Waals surface area contributed by atoms with Gasteiger partial charge in [0.05, 0.1) is 23.7 Å². The maximum Gasteiger partial charge on any atom is 0.419 e. The fourth-order valence-corrected chi connectivity index (χ4v) is 1.07. The molecule has 0 amide bonds. The molecule has 0 aromatic heterocycles. The zero-order valence-corrected chi connectivity index (χ0v) is 7.84. The first-order chi connectivity index (χ1) is 7.27. The SMILES string of the molecule is COc1cc(C(F)(F)F)c(F)cc1[N+](=O)[O-]. The van der Waals surface area contributed by atoms with Crippen molar-refractivity contribution in [3.63, 3.8) is 0 Å². The Morgan fingerprint density at radius 3 is 2.31 bits per heavy atom. The van der Waals surface area contributed by atoms with Gasteiger partial charge in [0.25, 0.3) is 0 Å². The van der Waals surface area contributed by atoms with Crippen LogP contribution in [-0.2, 0) is 6.18 Å². The van der Waals surface area contributed by atoms with E-state index in [2.05, 4.69) is 4.74 Å². The number of nitrogens with zero attached hydrogens (tertiary/aromatic N) is 1. The lowest BCUT2D eigenvalue weighted by Gasteiger charge is -2.09. The maximum atomic E-state index is 12.9. The van der Waals surface area contributed by atoms with Crippen LogP contribution >= 0.6 is 0 Å². The lowest BCUT2D eigenvalue weighted by molar-refractivity contribution is -0.386. The van der Waals surface area contributed by atoms with Crippen molar-refractivity contribution in [3.05, 3.63) is 33.6 Å². The Balaban J connectivity index is 3.43. The lowest BCUT2D eigenvalue weighted by Crippen LogP contribution is -2.09. The highest BCUT2D eigenvalue weighted by Crippen LogP contribution is 2.37. The molecular weight excluding hydrogens is 234 g/mol. The smallest absolute Gasteiger partial charge is 0.419 e. The molecule has 0 aliphatic carbocycles. The van der Waals surface area contributed by atoms with E-state index >= 15 is 0 Å². The van der Waals surface area contributed by atoms with Gasteiger partial charge in [-0.2, -0.15) is 13.2 Å². The Morgan fingerprint density at radius 2 is 1.94 bits per heavy atom. The minimum atomic E-state index is -4.92. The third-order valence-corrected chi connectivity index (χ3v) is 1.77. The first-order valence-electron chi connectivity index (χ1n) is 3.86. The third-order valence-electron chi connectivity index (χ3n) is 1.77. The summed E-state index contributed by atoms with van der Waals surface area (Å²) in [5.74, 6) is -2.35. The quantitative estimate of drug-likeness (QED) is 0.453. The van der Waals surface area contributed by atoms with Gasteiger partial charge >= 0.3 is 11.9 Å². The molecule has 0 fully saturated rings. The van der Waals surface area contributed by atoms with Crippen molar-refractivity contribution in [2.24, 2.45) is 0 Å². The van der Waals surface area contributed by atoms with E-state index < -0.39 is 33.9 Å². The van der Waals surface area contributed by atoms with Gasteiger partial charge < -0.3 is 4.74 Å². The normalized spacial score (nSPS) is 11.3. The second-order valence-corrected chi connectivity index (χ2v) is 2.76. The summed E-state index contributed by atoms with van der Waals surface area (Å²) in [5.41, 5.74) is -2.46. The minimum absolute atomic E-state index is 0.182. The second-order valence-electron chi connectivity index (χ2n) is 2.76. The molecule has 1 aromatic carbocycles. The highest BCUT2D eigenvalue weighted by molar-refractivity contribution is 5.49. The molecule has 1 aromatic rings. The van der Waals surface area contributed by atoms with Crippen LogP contribution in [0.15, 0.2) is 12.1 Å². The van der Waals surface area contributed by atoms with E-state index in [1.54, 1.807) is 0 Å². The van der Waals surface area contributed by atoms with Gasteiger partial charge in [-0.3, -0.25) is 10.1 Å². The summed E-state index contributed by atoms with van der Waals surface area (Å²) >= 11 is 0. The van der Waals surface area contributed by atoms with Crippen LogP contribution in [0, 0.1) is 15.9 Å². The van der Waals surface area contributed by atoms with Gasteiger partial charge in [0.2, 0.25) is 0 Å². The zero-order chi connectivity index (χ0) is 12.5. The molecule has 16 heavy (non-hydrogen) atoms. The predicted molar refractivity (Wildman–Crippen MR) is 44.6 cm³/mol. The van der Waals surface area contributed by atoms with Gasteiger partial charge in [0, 0.05) is 6.07 Å². The number of hydrogen-bond acceptors (Lipinski definition) is 3. The fourth-order valence-electron chi connectivity index (χ4n) is 1.07. The number of ether oxygens (including phenoxy) is 1. The number of nitro groups is 1. The van der Waals surface area contributed by atoms with Crippen LogP contribution in [0.3, 0.4) is 0 Å². The average molecular weight is 239 g/mol. The summed E-state index contributed by atoms with van der Waals surface area (Å²) in [6.07, 6.45) is -4.92. The van der Waals surface area contributed by atoms with E-state index in [9.17, 15) is 27.7 Å². The molecule has 1 rings (SSSR count). The molecule has 0 saturated carbocycles. The summed E-state index contributed by atoms with van der Waals surface area (Å²) in [6.45, 7) is 0. The fraction of sp³-hybridized carbons (Fsp3) is 0.250. The molecule has 0 radical (unpaired) electrons. The van der Waals surface area contributed by atoms with Crippen LogP contribution in [0.5, 0.6) is 5.75 Å². The molecule has 88 valence electrons. The largest absolute Gasteiger partial charge is 0.490 e. The van der Waals surface area contributed by atoms with E-state index in [4.69, 9.17) is 0 Å². The Bertz CT molecular complexity index is 430. The van der Waals surface area contributed by atoms with Crippen molar-refractivity contribution in [2.45, 2.75) is 6.18 Å². The van der Waals surface area contributed by atoms with Crippen LogP contribution < -0.4 is 4.74 Å². The summed E-state index contributed by atoms with van der Waals surface area (Å²) < 4.78 is 54.0. The molecule has 8 heteroatoms. The van der Waals surface area contributed by atoms with Crippen molar-refractivity contribution < 1.29 is 27.2 Å². The third kappa shape index (κ3) is 2.20. The summed E-state index contributed by atoms with van der Waals surface area (Å²) in [5, 5.41) is 10.4. The van der Waals surface area contributed by atoms with Gasteiger partial charge in [-0.15, -0.1) is 0 Å². The minimum Gasteiger partial charge on any atom is -0.490 e. The van der Waals surface area contributed by atoms with Gasteiger partial charge in [-0.05, 0) is 0 Å². The monoisotopic (exact) mass is 239 g/mol. The molecule has 0 atom stereocenters. The van der Waals surface area contributed by atoms with E-state index in [-0.39, 0.29) is 12.1 Å². The van der Waals surface area contributed by atoms with E-state index in [0.717, 1.165) is 7.11 Å². The first kappa shape index (κ1) is 12.2. The van der Waals surface area contributed by atoms with Crippen molar-refractivity contribution in [2.75, 3.05) is 7.11 Å². The Kier molecular flexibility index (Phi) is 3.02. The molecule has 0 aliphatic rings. The van der Waals surface area contributed by atoms with Gasteiger partial charge in [0.15, 0.2) is 5.75 Å². The molecule has 0 spiro atoms. The number of methoxy groups -OCH3 is 1. The molecular formula is C8H5F4NO3. The molecule has 0 bridgehead atoms. The molecule has 0 unspecified atom stereocenters. The second kappa shape index (κ2) is 3.95. The number of rotatable bonds is 2. The Labute approximate surface area is 86.6 Å². The van der Waals surface area contributed by atoms with Crippen LogP contribution in [0.2, 0.25) is 0 Å². The van der Waals surface area contributed by atoms with Crippen LogP contribution in [-0.4, -0.2) is 12.0 Å². The molecule has 0 N–H and O–H groups in total. The summed E-state index contributed by atoms with van der Waals surface area (Å²) in [6, 6.07) is 0.440. The van der Waals surface area contributed by atoms with Crippen molar-refractivity contribution >= 4 is 5.69 Å². The van der Waals surface area contributed by atoms with E-state index in [1.807, 2.05) is 0 Å². The molecule has 0 heterocycles. The number of halogens is 4. The van der Waals surface area contributed by atoms with E-state index in [1.165, 1.54) is 0 Å². The Hall–Kier alpha value is -1.86. The summed E-state index contributed by atoms with van der Waals surface area (Å²) in [7, 11) is 0.959. The number of nitro benzene ring substituents is 1. The summed E-state index contributed by atoms with van der Waals surface area (Å²) in [4.78, 5) is 9.35. The Morgan fingerprint density at radius 1 is 1.38 bits per heavy atom. The highest BCUT2D eigenvalue weighted by Gasteiger charge is 2.36. The van der Waals surface area contributed by atoms with Crippen LogP contribution in [0.25, 0.3) is 0 Å². The average Bonchev–Trinajstić information content (AvgIpc) is 2.15. The number of hydrogen-bond donors (Lipinski definition) is 0. The predicted octanol–water partition coefficient (Wildman–Crippen LogP) is 2.76. The van der Waals surface area contributed by atoms with Gasteiger partial charge in [-0.1, -0.05) is 0 Å².